The van der Waals surface area contributed by atoms with Gasteiger partial charge in [-0.1, -0.05) is 6.07 Å². The number of carboxylic acids is 1. The molecule has 0 aromatic carbocycles. The van der Waals surface area contributed by atoms with Gasteiger partial charge in [-0.05, 0) is 43.7 Å². The molecule has 32 heavy (non-hydrogen) atoms. The minimum absolute atomic E-state index is 0.0443. The lowest BCUT2D eigenvalue weighted by atomic mass is 9.94. The number of carbonyl (C=O) groups is 3. The number of carbonyl (C=O) groups excluding carboxylic acids is 2. The number of nitrogens with zero attached hydrogens (tertiary/aromatic N) is 2. The number of rotatable bonds is 11. The van der Waals surface area contributed by atoms with Gasteiger partial charge in [-0.2, -0.15) is 0 Å². The Morgan fingerprint density at radius 3 is 2.50 bits per heavy atom. The average Bonchev–Trinajstić information content (AvgIpc) is 3.10. The van der Waals surface area contributed by atoms with Crippen LogP contribution in [0.5, 0.6) is 0 Å². The van der Waals surface area contributed by atoms with Gasteiger partial charge in [0.05, 0.1) is 30.8 Å². The molecular formula is C23H33N3O6. The van der Waals surface area contributed by atoms with E-state index in [0.29, 0.717) is 26.2 Å². The molecule has 2 atom stereocenters. The molecule has 9 nitrogen and oxygen atoms in total. The Morgan fingerprint density at radius 2 is 1.88 bits per heavy atom. The summed E-state index contributed by atoms with van der Waals surface area (Å²) < 4.78 is 11.7. The van der Waals surface area contributed by atoms with Crippen molar-refractivity contribution in [3.63, 3.8) is 0 Å². The topological polar surface area (TPSA) is 118 Å². The van der Waals surface area contributed by atoms with Crippen LogP contribution in [-0.2, 0) is 23.9 Å². The van der Waals surface area contributed by atoms with Crippen molar-refractivity contribution < 1.29 is 29.0 Å². The predicted octanol–water partition coefficient (Wildman–Crippen LogP) is 1.93. The molecule has 0 bridgehead atoms. The molecule has 0 spiro atoms. The molecule has 0 radical (unpaired) electrons. The van der Waals surface area contributed by atoms with Crippen LogP contribution in [0.25, 0.3) is 0 Å². The molecule has 2 heterocycles. The summed E-state index contributed by atoms with van der Waals surface area (Å²) in [6, 6.07) is 3.40. The van der Waals surface area contributed by atoms with Crippen molar-refractivity contribution in [1.82, 2.24) is 15.2 Å². The van der Waals surface area contributed by atoms with Gasteiger partial charge in [0.25, 0.3) is 0 Å². The summed E-state index contributed by atoms with van der Waals surface area (Å²) in [5.74, 6) is -1.42. The minimum Gasteiger partial charge on any atom is -0.481 e. The number of hydrogen-bond acceptors (Lipinski definition) is 6. The summed E-state index contributed by atoms with van der Waals surface area (Å²) in [4.78, 5) is 41.2. The second kappa shape index (κ2) is 11.9. The zero-order valence-corrected chi connectivity index (χ0v) is 18.6. The highest BCUT2D eigenvalue weighted by molar-refractivity contribution is 5.90. The number of nitrogens with one attached hydrogen (secondary N) is 1. The van der Waals surface area contributed by atoms with Crippen LogP contribution in [0, 0.1) is 5.92 Å². The fraction of sp³-hybridized carbons (Fsp3) is 0.652. The van der Waals surface area contributed by atoms with E-state index < -0.39 is 11.9 Å². The molecule has 1 aromatic rings. The number of ether oxygens (including phenoxy) is 2. The summed E-state index contributed by atoms with van der Waals surface area (Å²) in [6.45, 7) is 1.31. The monoisotopic (exact) mass is 447 g/mol. The minimum atomic E-state index is -0.794. The molecule has 1 aromatic heterocycles. The maximum Gasteiger partial charge on any atom is 0.303 e. The van der Waals surface area contributed by atoms with Gasteiger partial charge < -0.3 is 24.8 Å². The highest BCUT2D eigenvalue weighted by Crippen LogP contribution is 2.36. The van der Waals surface area contributed by atoms with Gasteiger partial charge in [-0.15, -0.1) is 0 Å². The number of carboxylic acid groups (broad SMARTS) is 1. The van der Waals surface area contributed by atoms with Gasteiger partial charge >= 0.3 is 5.97 Å². The Balaban J connectivity index is 1.34. The Bertz CT molecular complexity index is 766. The third-order valence-corrected chi connectivity index (χ3v) is 6.21. The fourth-order valence-corrected chi connectivity index (χ4v) is 4.48. The molecule has 0 unspecified atom stereocenters. The molecule has 1 aliphatic carbocycles. The maximum absolute atomic E-state index is 12.8. The molecule has 2 fully saturated rings. The van der Waals surface area contributed by atoms with Crippen LogP contribution in [0.3, 0.4) is 0 Å². The van der Waals surface area contributed by atoms with Crippen molar-refractivity contribution in [3.8, 4) is 0 Å². The van der Waals surface area contributed by atoms with Gasteiger partial charge in [0.15, 0.2) is 0 Å². The van der Waals surface area contributed by atoms with Crippen molar-refractivity contribution in [3.05, 3.63) is 30.1 Å². The van der Waals surface area contributed by atoms with Crippen molar-refractivity contribution in [2.45, 2.75) is 63.2 Å². The Kier molecular flexibility index (Phi) is 8.99. The smallest absolute Gasteiger partial charge is 0.303 e. The average molecular weight is 448 g/mol. The summed E-state index contributed by atoms with van der Waals surface area (Å²) in [5, 5.41) is 11.6. The zero-order valence-electron chi connectivity index (χ0n) is 18.6. The first-order valence-electron chi connectivity index (χ1n) is 11.3. The van der Waals surface area contributed by atoms with E-state index in [-0.39, 0.29) is 42.9 Å². The molecule has 2 aliphatic rings. The fourth-order valence-electron chi connectivity index (χ4n) is 4.48. The summed E-state index contributed by atoms with van der Waals surface area (Å²) in [5.41, 5.74) is 0.860. The van der Waals surface area contributed by atoms with Crippen molar-refractivity contribution in [1.29, 1.82) is 0 Å². The summed E-state index contributed by atoms with van der Waals surface area (Å²) in [6.07, 6.45) is 8.14. The third kappa shape index (κ3) is 6.74. The number of amides is 2. The number of hydrogen-bond donors (Lipinski definition) is 2. The first-order chi connectivity index (χ1) is 15.5. The SMILES string of the molecule is CN1C(=O)C[C@H](C(=O)NCCOC2CCC(OCCCC(=O)O)CC2)[C@H]1c1cccnc1. The first kappa shape index (κ1) is 24.1. The predicted molar refractivity (Wildman–Crippen MR) is 116 cm³/mol. The number of likely N-dealkylation sites (tertiary alicyclic amines) is 1. The molecular weight excluding hydrogens is 414 g/mol. The lowest BCUT2D eigenvalue weighted by Crippen LogP contribution is -2.37. The van der Waals surface area contributed by atoms with Crippen molar-refractivity contribution in [2.24, 2.45) is 5.92 Å². The molecule has 3 rings (SSSR count). The number of pyridine rings is 1. The summed E-state index contributed by atoms with van der Waals surface area (Å²) >= 11 is 0. The molecule has 1 aliphatic heterocycles. The molecule has 2 amide bonds. The van der Waals surface area contributed by atoms with Crippen LogP contribution in [0.4, 0.5) is 0 Å². The third-order valence-electron chi connectivity index (χ3n) is 6.21. The Hall–Kier alpha value is -2.52. The van der Waals surface area contributed by atoms with Gasteiger partial charge in [0.2, 0.25) is 11.8 Å². The Labute approximate surface area is 188 Å². The largest absolute Gasteiger partial charge is 0.481 e. The van der Waals surface area contributed by atoms with E-state index in [4.69, 9.17) is 14.6 Å². The van der Waals surface area contributed by atoms with Gasteiger partial charge in [-0.25, -0.2) is 0 Å². The van der Waals surface area contributed by atoms with E-state index in [1.165, 1.54) is 0 Å². The van der Waals surface area contributed by atoms with E-state index in [1.54, 1.807) is 24.3 Å². The standard InChI is InChI=1S/C23H33N3O6/c1-26-20(27)14-19(22(26)16-4-2-10-24-15-16)23(30)25-11-13-32-18-8-6-17(7-9-18)31-12-3-5-21(28)29/h2,4,10,15,17-19,22H,3,5-9,11-14H2,1H3,(H,25,30)(H,28,29)/t17?,18?,19-,22+/m0/s1. The van der Waals surface area contributed by atoms with E-state index in [1.807, 2.05) is 12.1 Å². The highest BCUT2D eigenvalue weighted by Gasteiger charge is 2.42. The lowest BCUT2D eigenvalue weighted by Gasteiger charge is -2.28. The molecule has 9 heteroatoms. The van der Waals surface area contributed by atoms with Gasteiger partial charge in [0, 0.05) is 45.4 Å². The second-order valence-electron chi connectivity index (χ2n) is 8.48. The highest BCUT2D eigenvalue weighted by atomic mass is 16.5. The zero-order chi connectivity index (χ0) is 22.9. The van der Waals surface area contributed by atoms with Crippen molar-refractivity contribution in [2.75, 3.05) is 26.8 Å². The maximum atomic E-state index is 12.8. The van der Waals surface area contributed by atoms with Crippen LogP contribution in [0.1, 0.15) is 56.6 Å². The van der Waals surface area contributed by atoms with Crippen LogP contribution in [0.15, 0.2) is 24.5 Å². The molecule has 1 saturated heterocycles. The molecule has 176 valence electrons. The van der Waals surface area contributed by atoms with Crippen molar-refractivity contribution >= 4 is 17.8 Å². The van der Waals surface area contributed by atoms with Crippen LogP contribution < -0.4 is 5.32 Å². The summed E-state index contributed by atoms with van der Waals surface area (Å²) in [7, 11) is 1.72. The quantitative estimate of drug-likeness (QED) is 0.498. The van der Waals surface area contributed by atoms with Crippen LogP contribution in [0.2, 0.25) is 0 Å². The molecule has 1 saturated carbocycles. The van der Waals surface area contributed by atoms with Crippen LogP contribution >= 0.6 is 0 Å². The van der Waals surface area contributed by atoms with Crippen LogP contribution in [-0.4, -0.2) is 71.8 Å². The lowest BCUT2D eigenvalue weighted by molar-refractivity contribution is -0.137. The van der Waals surface area contributed by atoms with E-state index in [2.05, 4.69) is 10.3 Å². The van der Waals surface area contributed by atoms with E-state index >= 15 is 0 Å². The number of aromatic nitrogens is 1. The first-order valence-corrected chi connectivity index (χ1v) is 11.3. The van der Waals surface area contributed by atoms with E-state index in [0.717, 1.165) is 31.2 Å². The normalized spacial score (nSPS) is 25.7. The van der Waals surface area contributed by atoms with Gasteiger partial charge in [-0.3, -0.25) is 19.4 Å². The second-order valence-corrected chi connectivity index (χ2v) is 8.48. The Morgan fingerprint density at radius 1 is 1.19 bits per heavy atom. The molecule has 2 N–H and O–H groups in total. The van der Waals surface area contributed by atoms with Gasteiger partial charge in [0.1, 0.15) is 0 Å². The number of aliphatic carboxylic acids is 1. The van der Waals surface area contributed by atoms with E-state index in [9.17, 15) is 14.4 Å².